The molecule has 0 aromatic heterocycles. The van der Waals surface area contributed by atoms with Gasteiger partial charge in [-0.05, 0) is 35.7 Å². The zero-order valence-electron chi connectivity index (χ0n) is 10.2. The lowest BCUT2D eigenvalue weighted by Crippen LogP contribution is -1.97. The van der Waals surface area contributed by atoms with Crippen molar-refractivity contribution in [1.29, 1.82) is 0 Å². The van der Waals surface area contributed by atoms with Crippen LogP contribution in [-0.2, 0) is 0 Å². The van der Waals surface area contributed by atoms with E-state index < -0.39 is 10.9 Å². The molecule has 0 aliphatic rings. The molecule has 0 spiro atoms. The number of hydrogen-bond acceptors (Lipinski definition) is 3. The zero-order chi connectivity index (χ0) is 14.0. The van der Waals surface area contributed by atoms with Gasteiger partial charge in [-0.3, -0.25) is 10.1 Å². The van der Waals surface area contributed by atoms with E-state index in [1.165, 1.54) is 18.2 Å². The summed E-state index contributed by atoms with van der Waals surface area (Å²) in [5.74, 6) is -1.02. The Labute approximate surface area is 109 Å². The second-order valence-corrected chi connectivity index (χ2v) is 4.20. The molecule has 0 saturated heterocycles. The van der Waals surface area contributed by atoms with E-state index in [0.29, 0.717) is 11.1 Å². The molecule has 5 heteroatoms. The van der Waals surface area contributed by atoms with Crippen molar-refractivity contribution in [2.24, 2.45) is 0 Å². The second kappa shape index (κ2) is 4.89. The van der Waals surface area contributed by atoms with Gasteiger partial charge in [-0.15, -0.1) is 0 Å². The van der Waals surface area contributed by atoms with E-state index in [9.17, 15) is 14.9 Å². The van der Waals surface area contributed by atoms with Crippen molar-refractivity contribution in [3.63, 3.8) is 0 Å². The van der Waals surface area contributed by atoms with Crippen molar-refractivity contribution in [1.82, 2.24) is 0 Å². The number of hydrogen-bond donors (Lipinski definition) is 1. The molecule has 0 atom stereocenters. The standard InChI is InChI=1S/C14H11NO4/c1-9-5-11(7-12(6-9)14(16)17)10-3-2-4-13(8-10)15(18)19/h2-8H,1H3,(H,16,17). The summed E-state index contributed by atoms with van der Waals surface area (Å²) in [6.45, 7) is 1.79. The van der Waals surface area contributed by atoms with Gasteiger partial charge >= 0.3 is 5.97 Å². The highest BCUT2D eigenvalue weighted by atomic mass is 16.6. The number of carboxylic acid groups (broad SMARTS) is 1. The number of rotatable bonds is 3. The third-order valence-corrected chi connectivity index (χ3v) is 2.71. The van der Waals surface area contributed by atoms with Crippen LogP contribution in [0.1, 0.15) is 15.9 Å². The fourth-order valence-electron chi connectivity index (χ4n) is 1.87. The zero-order valence-corrected chi connectivity index (χ0v) is 10.2. The highest BCUT2D eigenvalue weighted by Crippen LogP contribution is 2.25. The lowest BCUT2D eigenvalue weighted by Gasteiger charge is -2.05. The van der Waals surface area contributed by atoms with E-state index in [4.69, 9.17) is 5.11 Å². The van der Waals surface area contributed by atoms with Crippen molar-refractivity contribution in [3.05, 3.63) is 63.7 Å². The van der Waals surface area contributed by atoms with Crippen LogP contribution in [0.2, 0.25) is 0 Å². The topological polar surface area (TPSA) is 80.4 Å². The number of aromatic carboxylic acids is 1. The highest BCUT2D eigenvalue weighted by Gasteiger charge is 2.10. The first-order valence-corrected chi connectivity index (χ1v) is 5.57. The summed E-state index contributed by atoms with van der Waals surface area (Å²) in [5.41, 5.74) is 2.22. The first kappa shape index (κ1) is 12.8. The van der Waals surface area contributed by atoms with Crippen LogP contribution in [0, 0.1) is 17.0 Å². The molecular formula is C14H11NO4. The molecule has 0 aliphatic carbocycles. The Balaban J connectivity index is 2.55. The number of carbonyl (C=O) groups is 1. The number of aryl methyl sites for hydroxylation is 1. The minimum atomic E-state index is -1.02. The van der Waals surface area contributed by atoms with Crippen molar-refractivity contribution < 1.29 is 14.8 Å². The Bertz CT molecular complexity index is 664. The Kier molecular flexibility index (Phi) is 3.29. The van der Waals surface area contributed by atoms with Gasteiger partial charge in [-0.2, -0.15) is 0 Å². The van der Waals surface area contributed by atoms with E-state index in [0.717, 1.165) is 5.56 Å². The molecule has 2 rings (SSSR count). The summed E-state index contributed by atoms with van der Waals surface area (Å²) < 4.78 is 0. The molecule has 0 aliphatic heterocycles. The van der Waals surface area contributed by atoms with Crippen molar-refractivity contribution in [3.8, 4) is 11.1 Å². The van der Waals surface area contributed by atoms with Gasteiger partial charge in [0.25, 0.3) is 5.69 Å². The number of benzene rings is 2. The van der Waals surface area contributed by atoms with E-state index in [2.05, 4.69) is 0 Å². The fourth-order valence-corrected chi connectivity index (χ4v) is 1.87. The molecule has 0 unspecified atom stereocenters. The van der Waals surface area contributed by atoms with Gasteiger partial charge in [0, 0.05) is 12.1 Å². The van der Waals surface area contributed by atoms with Gasteiger partial charge in [0.2, 0.25) is 0 Å². The Hall–Kier alpha value is -2.69. The molecule has 96 valence electrons. The van der Waals surface area contributed by atoms with Crippen LogP contribution in [0.4, 0.5) is 5.69 Å². The van der Waals surface area contributed by atoms with Crippen LogP contribution >= 0.6 is 0 Å². The average molecular weight is 257 g/mol. The van der Waals surface area contributed by atoms with Crippen molar-refractivity contribution in [2.75, 3.05) is 0 Å². The summed E-state index contributed by atoms with van der Waals surface area (Å²) >= 11 is 0. The maximum Gasteiger partial charge on any atom is 0.335 e. The molecule has 0 amide bonds. The van der Waals surface area contributed by atoms with Crippen molar-refractivity contribution >= 4 is 11.7 Å². The molecule has 5 nitrogen and oxygen atoms in total. The van der Waals surface area contributed by atoms with Crippen LogP contribution in [0.25, 0.3) is 11.1 Å². The molecule has 2 aromatic rings. The summed E-state index contributed by atoms with van der Waals surface area (Å²) in [6.07, 6.45) is 0. The SMILES string of the molecule is Cc1cc(C(=O)O)cc(-c2cccc([N+](=O)[O-])c2)c1. The van der Waals surface area contributed by atoms with Gasteiger partial charge in [0.1, 0.15) is 0 Å². The maximum atomic E-state index is 11.0. The quantitative estimate of drug-likeness (QED) is 0.675. The average Bonchev–Trinajstić information content (AvgIpc) is 2.38. The third-order valence-electron chi connectivity index (χ3n) is 2.71. The number of non-ortho nitro benzene ring substituents is 1. The van der Waals surface area contributed by atoms with E-state index >= 15 is 0 Å². The summed E-state index contributed by atoms with van der Waals surface area (Å²) in [5, 5.41) is 19.8. The monoisotopic (exact) mass is 257 g/mol. The normalized spacial score (nSPS) is 10.2. The predicted octanol–water partition coefficient (Wildman–Crippen LogP) is 3.27. The predicted molar refractivity (Wildman–Crippen MR) is 70.2 cm³/mol. The van der Waals surface area contributed by atoms with E-state index in [1.54, 1.807) is 31.2 Å². The lowest BCUT2D eigenvalue weighted by atomic mass is 10.00. The van der Waals surface area contributed by atoms with Gasteiger partial charge in [0.15, 0.2) is 0 Å². The minimum absolute atomic E-state index is 0.0177. The molecular weight excluding hydrogens is 246 g/mol. The number of nitro groups is 1. The van der Waals surface area contributed by atoms with Crippen LogP contribution in [-0.4, -0.2) is 16.0 Å². The molecule has 0 radical (unpaired) electrons. The molecule has 0 bridgehead atoms. The molecule has 0 heterocycles. The van der Waals surface area contributed by atoms with Gasteiger partial charge in [-0.1, -0.05) is 18.2 Å². The Morgan fingerprint density at radius 2 is 1.89 bits per heavy atom. The van der Waals surface area contributed by atoms with Gasteiger partial charge in [-0.25, -0.2) is 4.79 Å². The summed E-state index contributed by atoms with van der Waals surface area (Å²) in [7, 11) is 0. The van der Waals surface area contributed by atoms with Gasteiger partial charge < -0.3 is 5.11 Å². The van der Waals surface area contributed by atoms with Crippen LogP contribution in [0.3, 0.4) is 0 Å². The molecule has 0 saturated carbocycles. The fraction of sp³-hybridized carbons (Fsp3) is 0.0714. The smallest absolute Gasteiger partial charge is 0.335 e. The highest BCUT2D eigenvalue weighted by molar-refractivity contribution is 5.89. The third kappa shape index (κ3) is 2.77. The summed E-state index contributed by atoms with van der Waals surface area (Å²) in [6, 6.07) is 11.0. The van der Waals surface area contributed by atoms with Crippen LogP contribution < -0.4 is 0 Å². The molecule has 2 aromatic carbocycles. The first-order chi connectivity index (χ1) is 8.97. The maximum absolute atomic E-state index is 11.0. The van der Waals surface area contributed by atoms with E-state index in [-0.39, 0.29) is 11.3 Å². The van der Waals surface area contributed by atoms with Crippen LogP contribution in [0.15, 0.2) is 42.5 Å². The van der Waals surface area contributed by atoms with Crippen LogP contribution in [0.5, 0.6) is 0 Å². The largest absolute Gasteiger partial charge is 0.478 e. The molecule has 19 heavy (non-hydrogen) atoms. The second-order valence-electron chi connectivity index (χ2n) is 4.20. The molecule has 1 N–H and O–H groups in total. The lowest BCUT2D eigenvalue weighted by molar-refractivity contribution is -0.384. The first-order valence-electron chi connectivity index (χ1n) is 5.57. The number of carboxylic acids is 1. The number of nitro benzene ring substituents is 1. The van der Waals surface area contributed by atoms with Gasteiger partial charge in [0.05, 0.1) is 10.5 Å². The molecule has 0 fully saturated rings. The minimum Gasteiger partial charge on any atom is -0.478 e. The number of nitrogens with zero attached hydrogens (tertiary/aromatic N) is 1. The Morgan fingerprint density at radius 3 is 2.53 bits per heavy atom. The van der Waals surface area contributed by atoms with E-state index in [1.807, 2.05) is 0 Å². The Morgan fingerprint density at radius 1 is 1.16 bits per heavy atom. The van der Waals surface area contributed by atoms with Crippen molar-refractivity contribution in [2.45, 2.75) is 6.92 Å². The summed E-state index contributed by atoms with van der Waals surface area (Å²) in [4.78, 5) is 21.3.